The zero-order valence-electron chi connectivity index (χ0n) is 36.5. The Bertz CT molecular complexity index is 3470. The van der Waals surface area contributed by atoms with Crippen molar-refractivity contribution in [2.24, 2.45) is 0 Å². The van der Waals surface area contributed by atoms with Gasteiger partial charge in [-0.15, -0.1) is 0 Å². The first-order valence-corrected chi connectivity index (χ1v) is 22.8. The van der Waals surface area contributed by atoms with E-state index in [-0.39, 0.29) is 5.41 Å². The quantitative estimate of drug-likeness (QED) is 0.161. The summed E-state index contributed by atoms with van der Waals surface area (Å²) in [7, 11) is 0. The molecule has 0 saturated carbocycles. The normalized spacial score (nSPS) is 13.9. The van der Waals surface area contributed by atoms with Crippen LogP contribution in [0.25, 0.3) is 66.8 Å². The number of anilines is 3. The van der Waals surface area contributed by atoms with Gasteiger partial charge in [-0.3, -0.25) is 0 Å². The summed E-state index contributed by atoms with van der Waals surface area (Å²) >= 11 is 0. The second-order valence-corrected chi connectivity index (χ2v) is 18.4. The Morgan fingerprint density at radius 2 is 0.708 bits per heavy atom. The third-order valence-electron chi connectivity index (χ3n) is 14.7. The van der Waals surface area contributed by atoms with Gasteiger partial charge in [0.15, 0.2) is 0 Å². The molecule has 1 spiro atoms. The van der Waals surface area contributed by atoms with E-state index in [1.165, 1.54) is 100 Å². The summed E-state index contributed by atoms with van der Waals surface area (Å²) in [5, 5.41) is 0. The molecule has 3 aliphatic carbocycles. The van der Waals surface area contributed by atoms with Crippen molar-refractivity contribution in [2.45, 2.75) is 24.7 Å². The smallest absolute Gasteiger partial charge is 0.0725 e. The minimum atomic E-state index is -0.396. The highest BCUT2D eigenvalue weighted by atomic mass is 15.1. The number of benzene rings is 10. The molecule has 10 aromatic rings. The van der Waals surface area contributed by atoms with Gasteiger partial charge in [0.25, 0.3) is 0 Å². The average Bonchev–Trinajstić information content (AvgIpc) is 3.93. The molecule has 13 rings (SSSR count). The van der Waals surface area contributed by atoms with Gasteiger partial charge in [-0.05, 0) is 137 Å². The molecule has 0 aliphatic heterocycles. The van der Waals surface area contributed by atoms with Crippen LogP contribution in [-0.4, -0.2) is 0 Å². The van der Waals surface area contributed by atoms with E-state index in [2.05, 4.69) is 255 Å². The van der Waals surface area contributed by atoms with Crippen molar-refractivity contribution < 1.29 is 0 Å². The van der Waals surface area contributed by atoms with Gasteiger partial charge in [0.05, 0.1) is 5.41 Å². The summed E-state index contributed by atoms with van der Waals surface area (Å²) in [6, 6.07) is 88.1. The van der Waals surface area contributed by atoms with E-state index < -0.39 is 5.41 Å². The Kier molecular flexibility index (Phi) is 8.24. The van der Waals surface area contributed by atoms with E-state index >= 15 is 0 Å². The first-order valence-electron chi connectivity index (χ1n) is 22.8. The molecule has 0 atom stereocenters. The fourth-order valence-electron chi connectivity index (χ4n) is 11.9. The maximum atomic E-state index is 2.44. The van der Waals surface area contributed by atoms with E-state index in [0.29, 0.717) is 0 Å². The summed E-state index contributed by atoms with van der Waals surface area (Å²) in [6.07, 6.45) is 0. The van der Waals surface area contributed by atoms with Crippen LogP contribution >= 0.6 is 0 Å². The summed E-state index contributed by atoms with van der Waals surface area (Å²) in [5.41, 5.74) is 26.2. The highest BCUT2D eigenvalue weighted by molar-refractivity contribution is 6.02. The Hall–Kier alpha value is -8.00. The second kappa shape index (κ2) is 14.3. The van der Waals surface area contributed by atoms with Gasteiger partial charge in [0.1, 0.15) is 0 Å². The fourth-order valence-corrected chi connectivity index (χ4v) is 11.9. The van der Waals surface area contributed by atoms with E-state index in [1.54, 1.807) is 0 Å². The third kappa shape index (κ3) is 5.39. The number of nitrogens with zero attached hydrogens (tertiary/aromatic N) is 1. The first kappa shape index (κ1) is 37.5. The Balaban J connectivity index is 0.978. The van der Waals surface area contributed by atoms with Crippen LogP contribution < -0.4 is 4.90 Å². The number of fused-ring (bicyclic) bond motifs is 13. The van der Waals surface area contributed by atoms with E-state index in [1.807, 2.05) is 0 Å². The van der Waals surface area contributed by atoms with E-state index in [0.717, 1.165) is 17.1 Å². The molecule has 306 valence electrons. The molecular formula is C64H45N. The molecule has 1 nitrogen and oxygen atoms in total. The Labute approximate surface area is 381 Å². The van der Waals surface area contributed by atoms with Crippen molar-refractivity contribution in [1.29, 1.82) is 0 Å². The predicted molar refractivity (Wildman–Crippen MR) is 271 cm³/mol. The highest BCUT2D eigenvalue weighted by Crippen LogP contribution is 2.64. The predicted octanol–water partition coefficient (Wildman–Crippen LogP) is 16.8. The van der Waals surface area contributed by atoms with Crippen molar-refractivity contribution in [1.82, 2.24) is 0 Å². The number of hydrogen-bond acceptors (Lipinski definition) is 1. The molecule has 1 heteroatoms. The van der Waals surface area contributed by atoms with Crippen LogP contribution in [-0.2, 0) is 10.8 Å². The lowest BCUT2D eigenvalue weighted by Crippen LogP contribution is -2.25. The van der Waals surface area contributed by atoms with Crippen LogP contribution in [0.4, 0.5) is 17.1 Å². The van der Waals surface area contributed by atoms with Crippen LogP contribution in [0.15, 0.2) is 237 Å². The molecule has 0 amide bonds. The summed E-state index contributed by atoms with van der Waals surface area (Å²) in [5.74, 6) is 0. The molecule has 65 heavy (non-hydrogen) atoms. The fraction of sp³-hybridized carbons (Fsp3) is 0.0625. The zero-order valence-corrected chi connectivity index (χ0v) is 36.5. The average molecular weight is 828 g/mol. The Morgan fingerprint density at radius 3 is 1.40 bits per heavy atom. The molecule has 0 saturated heterocycles. The van der Waals surface area contributed by atoms with E-state index in [9.17, 15) is 0 Å². The largest absolute Gasteiger partial charge is 0.310 e. The molecule has 0 fully saturated rings. The summed E-state index contributed by atoms with van der Waals surface area (Å²) < 4.78 is 0. The molecule has 0 aromatic heterocycles. The molecule has 3 aliphatic rings. The molecular weight excluding hydrogens is 783 g/mol. The third-order valence-corrected chi connectivity index (χ3v) is 14.7. The van der Waals surface area contributed by atoms with Crippen LogP contribution in [0.2, 0.25) is 0 Å². The summed E-state index contributed by atoms with van der Waals surface area (Å²) in [6.45, 7) is 4.73. The minimum absolute atomic E-state index is 0.124. The minimum Gasteiger partial charge on any atom is -0.310 e. The van der Waals surface area contributed by atoms with Crippen molar-refractivity contribution in [2.75, 3.05) is 4.90 Å². The van der Waals surface area contributed by atoms with Crippen LogP contribution in [0.1, 0.15) is 47.2 Å². The molecule has 0 bridgehead atoms. The summed E-state index contributed by atoms with van der Waals surface area (Å²) in [4.78, 5) is 2.44. The molecule has 10 aromatic carbocycles. The molecule has 0 radical (unpaired) electrons. The van der Waals surface area contributed by atoms with Crippen LogP contribution in [0, 0.1) is 0 Å². The van der Waals surface area contributed by atoms with Crippen molar-refractivity contribution in [3.8, 4) is 66.8 Å². The molecule has 0 N–H and O–H groups in total. The lowest BCUT2D eigenvalue weighted by Gasteiger charge is -2.30. The van der Waals surface area contributed by atoms with Gasteiger partial charge >= 0.3 is 0 Å². The lowest BCUT2D eigenvalue weighted by molar-refractivity contribution is 0.660. The second-order valence-electron chi connectivity index (χ2n) is 18.4. The van der Waals surface area contributed by atoms with Gasteiger partial charge < -0.3 is 4.90 Å². The first-order chi connectivity index (χ1) is 32.0. The maximum Gasteiger partial charge on any atom is 0.0725 e. The standard InChI is InChI=1S/C64H45N/c1-63(2)56-29-12-8-24-50(56)53-39-38-47(41-61(53)63)65(45-36-34-43(35-37-45)42-18-4-3-5-19-42)46-21-16-20-44(40-46)48-22-6-7-23-49(48)54-28-17-33-60-62(54)55-27-11-15-32-59(55)64(60)57-30-13-9-25-51(57)52-26-10-14-31-58(52)64/h3-41H,1-2H3. The van der Waals surface area contributed by atoms with Crippen LogP contribution in [0.3, 0.4) is 0 Å². The van der Waals surface area contributed by atoms with Crippen LogP contribution in [0.5, 0.6) is 0 Å². The zero-order chi connectivity index (χ0) is 43.3. The van der Waals surface area contributed by atoms with Gasteiger partial charge in [-0.1, -0.05) is 214 Å². The maximum absolute atomic E-state index is 2.44. The van der Waals surface area contributed by atoms with Crippen molar-refractivity contribution >= 4 is 17.1 Å². The van der Waals surface area contributed by atoms with E-state index in [4.69, 9.17) is 0 Å². The van der Waals surface area contributed by atoms with Gasteiger partial charge in [0, 0.05) is 22.5 Å². The SMILES string of the molecule is CC1(C)c2ccccc2-c2ccc(N(c3ccc(-c4ccccc4)cc3)c3cccc(-c4ccccc4-c4cccc5c4-c4ccccc4C54c5ccccc5-c5ccccc54)c3)cc21. The molecule has 0 unspecified atom stereocenters. The number of rotatable bonds is 6. The van der Waals surface area contributed by atoms with Crippen molar-refractivity contribution in [3.63, 3.8) is 0 Å². The monoisotopic (exact) mass is 827 g/mol. The molecule has 0 heterocycles. The van der Waals surface area contributed by atoms with Gasteiger partial charge in [-0.25, -0.2) is 0 Å². The van der Waals surface area contributed by atoms with Gasteiger partial charge in [-0.2, -0.15) is 0 Å². The lowest BCUT2D eigenvalue weighted by atomic mass is 9.70. The van der Waals surface area contributed by atoms with Gasteiger partial charge in [0.2, 0.25) is 0 Å². The number of hydrogen-bond donors (Lipinski definition) is 0. The topological polar surface area (TPSA) is 3.24 Å². The highest BCUT2D eigenvalue weighted by Gasteiger charge is 2.52. The Morgan fingerprint density at radius 1 is 0.262 bits per heavy atom. The van der Waals surface area contributed by atoms with Crippen molar-refractivity contribution in [3.05, 3.63) is 270 Å².